The van der Waals surface area contributed by atoms with Crippen LogP contribution in [0.2, 0.25) is 0 Å². The maximum atomic E-state index is 13.0. The number of benzene rings is 1. The molecule has 0 bridgehead atoms. The summed E-state index contributed by atoms with van der Waals surface area (Å²) in [5.74, 6) is -0.359. The average molecular weight is 352 g/mol. The van der Waals surface area contributed by atoms with Crippen molar-refractivity contribution < 1.29 is 4.79 Å². The van der Waals surface area contributed by atoms with E-state index in [2.05, 4.69) is 49.8 Å². The molecule has 0 saturated carbocycles. The Hall–Kier alpha value is -2.62. The van der Waals surface area contributed by atoms with E-state index in [1.54, 1.807) is 13.0 Å². The number of carbonyl (C=O) groups is 1. The molecule has 4 nitrogen and oxygen atoms in total. The molecule has 0 radical (unpaired) electrons. The van der Waals surface area contributed by atoms with Crippen LogP contribution in [0, 0.1) is 20.8 Å². The lowest BCUT2D eigenvalue weighted by Crippen LogP contribution is -2.28. The lowest BCUT2D eigenvalue weighted by molar-refractivity contribution is 0.102. The highest BCUT2D eigenvalue weighted by molar-refractivity contribution is 6.06. The first-order chi connectivity index (χ1) is 12.3. The van der Waals surface area contributed by atoms with Crippen molar-refractivity contribution in [3.8, 4) is 0 Å². The van der Waals surface area contributed by atoms with Gasteiger partial charge in [0.1, 0.15) is 5.56 Å². The van der Waals surface area contributed by atoms with E-state index in [1.807, 2.05) is 6.92 Å². The molecule has 4 heteroatoms. The second-order valence-corrected chi connectivity index (χ2v) is 6.67. The van der Waals surface area contributed by atoms with Crippen molar-refractivity contribution in [1.29, 1.82) is 0 Å². The van der Waals surface area contributed by atoms with Gasteiger partial charge in [-0.2, -0.15) is 0 Å². The molecular weight excluding hydrogens is 324 g/mol. The SMILES string of the molecule is C=CCc1c(C)[nH]c(C)c(C(=O)Nc2c(CC)cc(C)cc2CC)c1=O. The van der Waals surface area contributed by atoms with Crippen LogP contribution in [-0.2, 0) is 19.3 Å². The van der Waals surface area contributed by atoms with Gasteiger partial charge in [0.2, 0.25) is 0 Å². The van der Waals surface area contributed by atoms with Crippen LogP contribution in [0.3, 0.4) is 0 Å². The van der Waals surface area contributed by atoms with Gasteiger partial charge in [-0.05, 0) is 51.2 Å². The smallest absolute Gasteiger partial charge is 0.261 e. The number of carbonyl (C=O) groups excluding carboxylic acids is 1. The normalized spacial score (nSPS) is 10.7. The molecule has 0 fully saturated rings. The summed E-state index contributed by atoms with van der Waals surface area (Å²) in [4.78, 5) is 29.0. The first-order valence-electron chi connectivity index (χ1n) is 9.10. The van der Waals surface area contributed by atoms with Crippen molar-refractivity contribution in [3.05, 3.63) is 74.2 Å². The molecule has 1 aromatic heterocycles. The summed E-state index contributed by atoms with van der Waals surface area (Å²) in [6.45, 7) is 13.5. The third-order valence-electron chi connectivity index (χ3n) is 4.73. The zero-order valence-corrected chi connectivity index (χ0v) is 16.4. The van der Waals surface area contributed by atoms with Crippen LogP contribution < -0.4 is 10.7 Å². The van der Waals surface area contributed by atoms with E-state index in [-0.39, 0.29) is 16.9 Å². The van der Waals surface area contributed by atoms with Gasteiger partial charge < -0.3 is 10.3 Å². The van der Waals surface area contributed by atoms with E-state index in [9.17, 15) is 9.59 Å². The number of hydrogen-bond acceptors (Lipinski definition) is 2. The Balaban J connectivity index is 2.54. The minimum Gasteiger partial charge on any atom is -0.362 e. The van der Waals surface area contributed by atoms with Crippen LogP contribution in [0.5, 0.6) is 0 Å². The number of aryl methyl sites for hydroxylation is 5. The number of amides is 1. The second kappa shape index (κ2) is 8.17. The Morgan fingerprint density at radius 3 is 2.19 bits per heavy atom. The molecule has 0 saturated heterocycles. The minimum atomic E-state index is -0.359. The van der Waals surface area contributed by atoms with Crippen molar-refractivity contribution >= 4 is 11.6 Å². The van der Waals surface area contributed by atoms with Crippen LogP contribution in [-0.4, -0.2) is 10.9 Å². The first kappa shape index (κ1) is 19.7. The molecule has 2 N–H and O–H groups in total. The van der Waals surface area contributed by atoms with Crippen molar-refractivity contribution in [1.82, 2.24) is 4.98 Å². The van der Waals surface area contributed by atoms with Gasteiger partial charge in [0, 0.05) is 22.6 Å². The highest BCUT2D eigenvalue weighted by Crippen LogP contribution is 2.25. The Labute approximate surface area is 155 Å². The maximum Gasteiger partial charge on any atom is 0.261 e. The molecule has 1 amide bonds. The van der Waals surface area contributed by atoms with Gasteiger partial charge in [-0.3, -0.25) is 9.59 Å². The predicted molar refractivity (Wildman–Crippen MR) is 108 cm³/mol. The Morgan fingerprint density at radius 1 is 1.12 bits per heavy atom. The van der Waals surface area contributed by atoms with Crippen LogP contribution in [0.4, 0.5) is 5.69 Å². The number of aromatic amines is 1. The molecule has 138 valence electrons. The maximum absolute atomic E-state index is 13.0. The molecule has 0 aliphatic heterocycles. The van der Waals surface area contributed by atoms with Gasteiger partial charge >= 0.3 is 0 Å². The molecule has 26 heavy (non-hydrogen) atoms. The van der Waals surface area contributed by atoms with Crippen molar-refractivity contribution in [2.24, 2.45) is 0 Å². The van der Waals surface area contributed by atoms with E-state index in [0.29, 0.717) is 17.7 Å². The van der Waals surface area contributed by atoms with Gasteiger partial charge in [0.05, 0.1) is 0 Å². The number of allylic oxidation sites excluding steroid dienone is 1. The molecule has 2 rings (SSSR count). The van der Waals surface area contributed by atoms with E-state index in [4.69, 9.17) is 0 Å². The number of aromatic nitrogens is 1. The molecule has 2 aromatic rings. The molecule has 0 atom stereocenters. The van der Waals surface area contributed by atoms with E-state index in [1.165, 1.54) is 5.56 Å². The summed E-state index contributed by atoms with van der Waals surface area (Å²) in [5.41, 5.74) is 6.08. The number of anilines is 1. The minimum absolute atomic E-state index is 0.178. The molecule has 0 unspecified atom stereocenters. The van der Waals surface area contributed by atoms with Crippen molar-refractivity contribution in [3.63, 3.8) is 0 Å². The Bertz CT molecular complexity index is 882. The molecular formula is C22H28N2O2. The third kappa shape index (κ3) is 3.79. The van der Waals surface area contributed by atoms with Gasteiger partial charge in [0.25, 0.3) is 5.91 Å². The summed E-state index contributed by atoms with van der Waals surface area (Å²) in [6, 6.07) is 4.17. The fraction of sp³-hybridized carbons (Fsp3) is 0.364. The van der Waals surface area contributed by atoms with Crippen molar-refractivity contribution in [2.75, 3.05) is 5.32 Å². The van der Waals surface area contributed by atoms with Crippen LogP contribution >= 0.6 is 0 Å². The highest BCUT2D eigenvalue weighted by atomic mass is 16.2. The monoisotopic (exact) mass is 352 g/mol. The lowest BCUT2D eigenvalue weighted by atomic mass is 9.98. The standard InChI is InChI=1S/C22H28N2O2/c1-7-10-18-14(5)23-15(6)19(21(18)25)22(26)24-20-16(8-2)11-13(4)12-17(20)9-3/h7,11-12H,1,8-10H2,2-6H3,(H,23,25)(H,24,26). The molecule has 0 spiro atoms. The molecule has 0 aliphatic carbocycles. The molecule has 0 aliphatic rings. The number of hydrogen-bond donors (Lipinski definition) is 2. The summed E-state index contributed by atoms with van der Waals surface area (Å²) in [5, 5.41) is 3.01. The van der Waals surface area contributed by atoms with Gasteiger partial charge in [-0.1, -0.05) is 37.6 Å². The highest BCUT2D eigenvalue weighted by Gasteiger charge is 2.20. The Kier molecular flexibility index (Phi) is 6.19. The fourth-order valence-electron chi connectivity index (χ4n) is 3.41. The van der Waals surface area contributed by atoms with Gasteiger partial charge in [-0.25, -0.2) is 0 Å². The zero-order chi connectivity index (χ0) is 19.4. The van der Waals surface area contributed by atoms with Gasteiger partial charge in [-0.15, -0.1) is 6.58 Å². The first-order valence-corrected chi connectivity index (χ1v) is 9.10. The summed E-state index contributed by atoms with van der Waals surface area (Å²) in [6.07, 6.45) is 3.75. The fourth-order valence-corrected chi connectivity index (χ4v) is 3.41. The summed E-state index contributed by atoms with van der Waals surface area (Å²) >= 11 is 0. The average Bonchev–Trinajstić information content (AvgIpc) is 2.59. The summed E-state index contributed by atoms with van der Waals surface area (Å²) in [7, 11) is 0. The Morgan fingerprint density at radius 2 is 1.69 bits per heavy atom. The van der Waals surface area contributed by atoms with E-state index >= 15 is 0 Å². The topological polar surface area (TPSA) is 62.0 Å². The quantitative estimate of drug-likeness (QED) is 0.757. The van der Waals surface area contributed by atoms with Crippen LogP contribution in [0.25, 0.3) is 0 Å². The second-order valence-electron chi connectivity index (χ2n) is 6.67. The third-order valence-corrected chi connectivity index (χ3v) is 4.73. The number of pyridine rings is 1. The van der Waals surface area contributed by atoms with E-state index in [0.717, 1.165) is 35.3 Å². The number of rotatable bonds is 6. The van der Waals surface area contributed by atoms with Crippen molar-refractivity contribution in [2.45, 2.75) is 53.9 Å². The zero-order valence-electron chi connectivity index (χ0n) is 16.4. The molecule has 1 heterocycles. The predicted octanol–water partition coefficient (Wildman–Crippen LogP) is 4.41. The molecule has 1 aromatic carbocycles. The number of nitrogens with one attached hydrogen (secondary N) is 2. The van der Waals surface area contributed by atoms with Crippen LogP contribution in [0.1, 0.15) is 57.8 Å². The van der Waals surface area contributed by atoms with Crippen LogP contribution in [0.15, 0.2) is 29.6 Å². The number of H-pyrrole nitrogens is 1. The van der Waals surface area contributed by atoms with E-state index < -0.39 is 0 Å². The lowest BCUT2D eigenvalue weighted by Gasteiger charge is -2.17. The van der Waals surface area contributed by atoms with Gasteiger partial charge in [0.15, 0.2) is 5.43 Å². The largest absolute Gasteiger partial charge is 0.362 e. The summed E-state index contributed by atoms with van der Waals surface area (Å²) < 4.78 is 0.